The predicted molar refractivity (Wildman–Crippen MR) is 91.7 cm³/mol. The van der Waals surface area contributed by atoms with Crippen LogP contribution in [0.5, 0.6) is 0 Å². The van der Waals surface area contributed by atoms with Gasteiger partial charge in [-0.3, -0.25) is 9.69 Å². The van der Waals surface area contributed by atoms with Crippen molar-refractivity contribution in [2.24, 2.45) is 0 Å². The van der Waals surface area contributed by atoms with Crippen molar-refractivity contribution in [2.45, 2.75) is 18.4 Å². The van der Waals surface area contributed by atoms with Crippen LogP contribution in [0.1, 0.15) is 12.8 Å². The molecule has 1 aromatic heterocycles. The summed E-state index contributed by atoms with van der Waals surface area (Å²) in [5, 5.41) is 0.0255. The van der Waals surface area contributed by atoms with Gasteiger partial charge in [0, 0.05) is 39.2 Å². The van der Waals surface area contributed by atoms with Crippen molar-refractivity contribution in [3.63, 3.8) is 0 Å². The van der Waals surface area contributed by atoms with Gasteiger partial charge in [-0.15, -0.1) is 0 Å². The number of aromatic nitrogens is 2. The van der Waals surface area contributed by atoms with Crippen LogP contribution in [-0.4, -0.2) is 41.7 Å². The second-order valence-electron chi connectivity index (χ2n) is 6.32. The van der Waals surface area contributed by atoms with Crippen molar-refractivity contribution in [2.75, 3.05) is 30.1 Å². The molecule has 136 valence electrons. The third kappa shape index (κ3) is 2.52. The van der Waals surface area contributed by atoms with Crippen LogP contribution < -0.4 is 9.80 Å². The molecule has 2 aromatic rings. The zero-order valence-electron chi connectivity index (χ0n) is 13.9. The maximum atomic E-state index is 13.8. The fourth-order valence-electron chi connectivity index (χ4n) is 3.60. The Hall–Kier alpha value is -2.32. The Bertz CT molecular complexity index is 869. The van der Waals surface area contributed by atoms with Gasteiger partial charge < -0.3 is 9.64 Å². The zero-order valence-corrected chi connectivity index (χ0v) is 14.6. The zero-order chi connectivity index (χ0) is 18.5. The summed E-state index contributed by atoms with van der Waals surface area (Å²) in [6.07, 6.45) is 2.24. The summed E-state index contributed by atoms with van der Waals surface area (Å²) >= 11 is 5.95. The number of hydrogen-bond acceptors (Lipinski definition) is 5. The van der Waals surface area contributed by atoms with Crippen LogP contribution in [0.3, 0.4) is 0 Å². The first-order chi connectivity index (χ1) is 12.4. The van der Waals surface area contributed by atoms with Crippen LogP contribution in [0, 0.1) is 11.6 Å². The van der Waals surface area contributed by atoms with Crippen LogP contribution >= 0.6 is 11.6 Å². The first-order valence-electron chi connectivity index (χ1n) is 8.07. The number of fused-ring (bicyclic) bond motifs is 1. The molecular weight excluding hydrogens is 366 g/mol. The van der Waals surface area contributed by atoms with E-state index >= 15 is 0 Å². The minimum Gasteiger partial charge on any atom is -0.381 e. The summed E-state index contributed by atoms with van der Waals surface area (Å²) in [6, 6.07) is 2.98. The van der Waals surface area contributed by atoms with Crippen molar-refractivity contribution < 1.29 is 18.3 Å². The molecule has 4 rings (SSSR count). The monoisotopic (exact) mass is 380 g/mol. The van der Waals surface area contributed by atoms with Gasteiger partial charge in [0.2, 0.25) is 5.28 Å². The molecule has 1 spiro atoms. The van der Waals surface area contributed by atoms with Gasteiger partial charge in [-0.1, -0.05) is 0 Å². The van der Waals surface area contributed by atoms with Gasteiger partial charge in [-0.25, -0.2) is 13.8 Å². The molecular formula is C17H15ClF2N4O2. The number of carbonyl (C=O) groups excluding carboxylic acids is 1. The van der Waals surface area contributed by atoms with Gasteiger partial charge in [0.15, 0.2) is 5.82 Å². The lowest BCUT2D eigenvalue weighted by atomic mass is 9.84. The summed E-state index contributed by atoms with van der Waals surface area (Å²) in [4.78, 5) is 24.7. The maximum absolute atomic E-state index is 13.8. The molecule has 1 aromatic carbocycles. The van der Waals surface area contributed by atoms with Crippen LogP contribution in [0.4, 0.5) is 26.0 Å². The van der Waals surface area contributed by atoms with Crippen molar-refractivity contribution in [3.8, 4) is 0 Å². The first kappa shape index (κ1) is 17.1. The third-order valence-corrected chi connectivity index (χ3v) is 5.13. The smallest absolute Gasteiger partial charge is 0.257 e. The van der Waals surface area contributed by atoms with Gasteiger partial charge in [0.25, 0.3) is 5.91 Å². The molecule has 0 atom stereocenters. The van der Waals surface area contributed by atoms with Crippen molar-refractivity contribution in [1.29, 1.82) is 0 Å². The van der Waals surface area contributed by atoms with Gasteiger partial charge in [0.05, 0.1) is 11.9 Å². The molecule has 0 N–H and O–H groups in total. The number of anilines is 3. The Kier molecular flexibility index (Phi) is 4.04. The Labute approximate surface area is 153 Å². The topological polar surface area (TPSA) is 58.6 Å². The number of likely N-dealkylation sites (N-methyl/N-ethyl adjacent to an activating group) is 1. The van der Waals surface area contributed by atoms with E-state index in [2.05, 4.69) is 9.97 Å². The summed E-state index contributed by atoms with van der Waals surface area (Å²) in [6.45, 7) is 0.797. The number of carbonyl (C=O) groups is 1. The van der Waals surface area contributed by atoms with Gasteiger partial charge in [-0.2, -0.15) is 4.98 Å². The van der Waals surface area contributed by atoms with E-state index in [1.54, 1.807) is 11.9 Å². The second kappa shape index (κ2) is 6.14. The first-order valence-corrected chi connectivity index (χ1v) is 8.45. The molecule has 9 heteroatoms. The summed E-state index contributed by atoms with van der Waals surface area (Å²) < 4.78 is 33.0. The minimum atomic E-state index is -0.925. The van der Waals surface area contributed by atoms with Crippen molar-refractivity contribution >= 4 is 34.7 Å². The molecule has 6 nitrogen and oxygen atoms in total. The van der Waals surface area contributed by atoms with Gasteiger partial charge >= 0.3 is 0 Å². The quantitative estimate of drug-likeness (QED) is 0.712. The molecule has 26 heavy (non-hydrogen) atoms. The predicted octanol–water partition coefficient (Wildman–Crippen LogP) is 3.07. The molecule has 1 saturated heterocycles. The van der Waals surface area contributed by atoms with E-state index in [9.17, 15) is 13.6 Å². The Balaban J connectivity index is 1.94. The van der Waals surface area contributed by atoms with E-state index < -0.39 is 17.2 Å². The molecule has 1 fully saturated rings. The number of benzene rings is 1. The third-order valence-electron chi connectivity index (χ3n) is 4.95. The van der Waals surface area contributed by atoms with E-state index in [0.717, 1.165) is 18.2 Å². The number of halogens is 3. The molecule has 3 heterocycles. The molecule has 0 bridgehead atoms. The molecule has 2 aliphatic rings. The Morgan fingerprint density at radius 1 is 1.19 bits per heavy atom. The van der Waals surface area contributed by atoms with E-state index in [-0.39, 0.29) is 16.9 Å². The Morgan fingerprint density at radius 2 is 1.85 bits per heavy atom. The lowest BCUT2D eigenvalue weighted by Crippen LogP contribution is -2.63. The highest BCUT2D eigenvalue weighted by Crippen LogP contribution is 2.45. The average Bonchev–Trinajstić information content (AvgIpc) is 2.61. The van der Waals surface area contributed by atoms with Crippen molar-refractivity contribution in [1.82, 2.24) is 9.97 Å². The molecule has 0 radical (unpaired) electrons. The van der Waals surface area contributed by atoms with Gasteiger partial charge in [-0.05, 0) is 23.7 Å². The molecule has 0 aliphatic carbocycles. The lowest BCUT2D eigenvalue weighted by molar-refractivity contribution is -0.126. The summed E-state index contributed by atoms with van der Waals surface area (Å²) in [5.41, 5.74) is -0.520. The Morgan fingerprint density at radius 3 is 2.50 bits per heavy atom. The highest BCUT2D eigenvalue weighted by molar-refractivity contribution is 6.28. The summed E-state index contributed by atoms with van der Waals surface area (Å²) in [7, 11) is 1.76. The second-order valence-corrected chi connectivity index (χ2v) is 6.66. The fraction of sp³-hybridized carbons (Fsp3) is 0.353. The fourth-order valence-corrected chi connectivity index (χ4v) is 3.73. The SMILES string of the molecule is CN1c2nc(Cl)ncc2N(c2cc(F)cc(F)c2)C(=O)C12CCOCC2. The van der Waals surface area contributed by atoms with Crippen LogP contribution in [0.15, 0.2) is 24.4 Å². The van der Waals surface area contributed by atoms with Crippen LogP contribution in [0.25, 0.3) is 0 Å². The van der Waals surface area contributed by atoms with Crippen molar-refractivity contribution in [3.05, 3.63) is 41.3 Å². The van der Waals surface area contributed by atoms with Gasteiger partial charge in [0.1, 0.15) is 22.9 Å². The standard InChI is InChI=1S/C17H15ClF2N4O2/c1-23-14-13(9-21-16(18)22-14)24(12-7-10(19)6-11(20)8-12)15(25)17(23)2-4-26-5-3-17/h6-9H,2-5H2,1H3. The maximum Gasteiger partial charge on any atom is 0.257 e. The molecule has 2 aliphatic heterocycles. The summed E-state index contributed by atoms with van der Waals surface area (Å²) in [5.74, 6) is -1.42. The van der Waals surface area contributed by atoms with E-state index in [1.807, 2.05) is 0 Å². The normalized spacial score (nSPS) is 19.0. The number of amides is 1. The molecule has 0 unspecified atom stereocenters. The van der Waals surface area contributed by atoms with E-state index in [0.29, 0.717) is 37.6 Å². The lowest BCUT2D eigenvalue weighted by Gasteiger charge is -2.50. The largest absolute Gasteiger partial charge is 0.381 e. The highest BCUT2D eigenvalue weighted by Gasteiger charge is 2.52. The van der Waals surface area contributed by atoms with Crippen LogP contribution in [-0.2, 0) is 9.53 Å². The number of rotatable bonds is 1. The molecule has 0 saturated carbocycles. The molecule has 1 amide bonds. The van der Waals surface area contributed by atoms with E-state index in [1.165, 1.54) is 11.1 Å². The minimum absolute atomic E-state index is 0.0255. The average molecular weight is 381 g/mol. The highest BCUT2D eigenvalue weighted by atomic mass is 35.5. The van der Waals surface area contributed by atoms with Crippen LogP contribution in [0.2, 0.25) is 5.28 Å². The number of hydrogen-bond donors (Lipinski definition) is 0. The number of ether oxygens (including phenoxy) is 1. The number of nitrogens with zero attached hydrogens (tertiary/aromatic N) is 4. The van der Waals surface area contributed by atoms with E-state index in [4.69, 9.17) is 16.3 Å².